The molecule has 0 rings (SSSR count). The lowest BCUT2D eigenvalue weighted by Gasteiger charge is -2.24. The van der Waals surface area contributed by atoms with Gasteiger partial charge in [-0.2, -0.15) is 0 Å². The van der Waals surface area contributed by atoms with Gasteiger partial charge in [0.15, 0.2) is 6.10 Å². The lowest BCUT2D eigenvalue weighted by molar-refractivity contribution is -0.870. The van der Waals surface area contributed by atoms with Crippen LogP contribution in [0.1, 0.15) is 232 Å². The van der Waals surface area contributed by atoms with E-state index in [1.165, 1.54) is 51.4 Å². The zero-order chi connectivity index (χ0) is 61.2. The van der Waals surface area contributed by atoms with Crippen molar-refractivity contribution in [2.45, 2.75) is 238 Å². The first-order valence-corrected chi connectivity index (χ1v) is 34.4. The van der Waals surface area contributed by atoms with Crippen molar-refractivity contribution in [1.29, 1.82) is 0 Å². The lowest BCUT2D eigenvalue weighted by Crippen LogP contribution is -2.37. The normalized spacial score (nSPS) is 14.3. The molecule has 0 fully saturated rings. The van der Waals surface area contributed by atoms with Gasteiger partial charge < -0.3 is 18.9 Å². The van der Waals surface area contributed by atoms with Crippen molar-refractivity contribution in [2.75, 3.05) is 47.5 Å². The van der Waals surface area contributed by atoms with E-state index in [-0.39, 0.29) is 32.0 Å². The highest BCUT2D eigenvalue weighted by atomic mass is 31.2. The number of unbranched alkanes of at least 4 members (excludes halogenated alkanes) is 16. The molecule has 0 saturated heterocycles. The molecule has 0 aliphatic carbocycles. The van der Waals surface area contributed by atoms with Crippen molar-refractivity contribution in [3.63, 3.8) is 0 Å². The van der Waals surface area contributed by atoms with Crippen LogP contribution in [-0.4, -0.2) is 74.9 Å². The van der Waals surface area contributed by atoms with Crippen LogP contribution in [0.2, 0.25) is 0 Å². The second-order valence-electron chi connectivity index (χ2n) is 22.4. The molecule has 0 aromatic rings. The molecule has 9 nitrogen and oxygen atoms in total. The Morgan fingerprint density at radius 2 is 0.643 bits per heavy atom. The van der Waals surface area contributed by atoms with Crippen molar-refractivity contribution in [3.05, 3.63) is 170 Å². The zero-order valence-electron chi connectivity index (χ0n) is 53.8. The van der Waals surface area contributed by atoms with Gasteiger partial charge in [0.1, 0.15) is 19.8 Å². The zero-order valence-corrected chi connectivity index (χ0v) is 54.7. The van der Waals surface area contributed by atoms with Gasteiger partial charge in [-0.25, -0.2) is 4.57 Å². The summed E-state index contributed by atoms with van der Waals surface area (Å²) >= 11 is 0. The summed E-state index contributed by atoms with van der Waals surface area (Å²) in [6, 6.07) is 0. The highest BCUT2D eigenvalue weighted by Crippen LogP contribution is 2.43. The Morgan fingerprint density at radius 3 is 0.952 bits per heavy atom. The Kier molecular flexibility index (Phi) is 59.4. The second-order valence-corrected chi connectivity index (χ2v) is 23.8. The molecule has 0 aromatic heterocycles. The number of ether oxygens (including phenoxy) is 2. The molecule has 0 aliphatic rings. The van der Waals surface area contributed by atoms with Crippen molar-refractivity contribution >= 4 is 19.8 Å². The van der Waals surface area contributed by atoms with Crippen molar-refractivity contribution in [2.24, 2.45) is 0 Å². The highest BCUT2D eigenvalue weighted by molar-refractivity contribution is 7.47. The van der Waals surface area contributed by atoms with E-state index in [4.69, 9.17) is 18.5 Å². The summed E-state index contributed by atoms with van der Waals surface area (Å²) < 4.78 is 34.7. The first kappa shape index (κ1) is 79.4. The van der Waals surface area contributed by atoms with E-state index in [9.17, 15) is 19.0 Å². The van der Waals surface area contributed by atoms with Crippen molar-refractivity contribution in [1.82, 2.24) is 0 Å². The molecule has 0 radical (unpaired) electrons. The average molecular weight is 1180 g/mol. The number of rotatable bonds is 58. The third-order valence-corrected chi connectivity index (χ3v) is 14.2. The fourth-order valence-corrected chi connectivity index (χ4v) is 9.01. The first-order chi connectivity index (χ1) is 41.0. The molecule has 0 heterocycles. The standard InChI is InChI=1S/C74H120NO8P/c1-6-8-10-12-14-16-18-20-22-24-26-28-30-32-34-35-36-37-38-39-41-43-45-47-49-51-53-55-57-59-61-63-65-67-74(77)83-72(71-82-84(78,79)81-69-68-75(3,4)5)70-80-73(76)66-64-62-60-58-56-54-52-50-48-46-44-42-40-33-31-29-27-25-23-21-19-17-15-13-11-9-7-2/h8-11,14-17,20-23,26-29,32-34,36-37,39-41,44-47,72H,6-7,12-13,18-19,24-25,30-31,35,38,42-43,48-71H2,1-5H3/p+1/b10-8-,11-9-,16-14-,17-15-,22-20-,23-21-,28-26-,29-27-,34-32-,37-36-,40-33-,41-39-,46-44-,47-45-. The van der Waals surface area contributed by atoms with Gasteiger partial charge in [-0.1, -0.05) is 261 Å². The Bertz CT molecular complexity index is 2020. The summed E-state index contributed by atoms with van der Waals surface area (Å²) in [6.07, 6.45) is 95.7. The molecule has 2 atom stereocenters. The number of hydrogen-bond acceptors (Lipinski definition) is 7. The number of phosphoric ester groups is 1. The topological polar surface area (TPSA) is 108 Å². The maximum Gasteiger partial charge on any atom is 0.472 e. The summed E-state index contributed by atoms with van der Waals surface area (Å²) in [5.74, 6) is -0.828. The quantitative estimate of drug-likeness (QED) is 0.0211. The smallest absolute Gasteiger partial charge is 0.462 e. The van der Waals surface area contributed by atoms with Crippen LogP contribution in [0.25, 0.3) is 0 Å². The number of hydrogen-bond donors (Lipinski definition) is 1. The van der Waals surface area contributed by atoms with Crippen LogP contribution in [0.4, 0.5) is 0 Å². The largest absolute Gasteiger partial charge is 0.472 e. The number of carbonyl (C=O) groups excluding carboxylic acids is 2. The van der Waals surface area contributed by atoms with Gasteiger partial charge in [0.05, 0.1) is 27.7 Å². The molecule has 0 spiro atoms. The number of nitrogens with zero attached hydrogens (tertiary/aromatic N) is 1. The Hall–Kier alpha value is -4.63. The van der Waals surface area contributed by atoms with Crippen LogP contribution in [0, 0.1) is 0 Å². The molecule has 474 valence electrons. The molecule has 10 heteroatoms. The van der Waals surface area contributed by atoms with E-state index in [0.29, 0.717) is 17.4 Å². The van der Waals surface area contributed by atoms with Crippen LogP contribution in [0.3, 0.4) is 0 Å². The molecule has 0 amide bonds. The van der Waals surface area contributed by atoms with Crippen molar-refractivity contribution < 1.29 is 42.1 Å². The molecule has 0 saturated carbocycles. The Labute approximate surface area is 515 Å². The van der Waals surface area contributed by atoms with E-state index < -0.39 is 26.5 Å². The number of phosphoric acid groups is 1. The third-order valence-electron chi connectivity index (χ3n) is 13.2. The molecule has 2 unspecified atom stereocenters. The number of carbonyl (C=O) groups is 2. The van der Waals surface area contributed by atoms with E-state index in [2.05, 4.69) is 184 Å². The lowest BCUT2D eigenvalue weighted by atomic mass is 10.1. The van der Waals surface area contributed by atoms with Crippen LogP contribution >= 0.6 is 7.82 Å². The molecular formula is C74H121NO8P+. The van der Waals surface area contributed by atoms with Crippen molar-refractivity contribution in [3.8, 4) is 0 Å². The molecule has 84 heavy (non-hydrogen) atoms. The average Bonchev–Trinajstić information content (AvgIpc) is 3.61. The van der Waals surface area contributed by atoms with E-state index >= 15 is 0 Å². The van der Waals surface area contributed by atoms with Gasteiger partial charge in [0.2, 0.25) is 0 Å². The van der Waals surface area contributed by atoms with Crippen LogP contribution in [0.5, 0.6) is 0 Å². The van der Waals surface area contributed by atoms with Gasteiger partial charge in [-0.3, -0.25) is 18.6 Å². The van der Waals surface area contributed by atoms with Crippen LogP contribution < -0.4 is 0 Å². The predicted molar refractivity (Wildman–Crippen MR) is 362 cm³/mol. The van der Waals surface area contributed by atoms with Gasteiger partial charge in [0, 0.05) is 12.8 Å². The van der Waals surface area contributed by atoms with Crippen LogP contribution in [-0.2, 0) is 32.7 Å². The van der Waals surface area contributed by atoms with Crippen LogP contribution in [0.15, 0.2) is 170 Å². The fraction of sp³-hybridized carbons (Fsp3) is 0.595. The number of allylic oxidation sites excluding steroid dienone is 28. The molecule has 0 bridgehead atoms. The molecule has 0 aromatic carbocycles. The summed E-state index contributed by atoms with van der Waals surface area (Å²) in [6.45, 7) is 4.17. The molecular weight excluding hydrogens is 1060 g/mol. The maximum atomic E-state index is 12.9. The van der Waals surface area contributed by atoms with E-state index in [1.807, 2.05) is 21.1 Å². The first-order valence-electron chi connectivity index (χ1n) is 32.9. The minimum atomic E-state index is -4.41. The third kappa shape index (κ3) is 66.5. The molecule has 0 aliphatic heterocycles. The predicted octanol–water partition coefficient (Wildman–Crippen LogP) is 21.4. The summed E-state index contributed by atoms with van der Waals surface area (Å²) in [5, 5.41) is 0. The SMILES string of the molecule is CC/C=C\C/C=C\C/C=C\C/C=C\C/C=C\C/C=C\C/C=C\C/C=C\CCCCCCCCCCC(=O)OC(COC(=O)CCCCCCCCCC/C=C\C/C=C\C/C=C\C/C=C\C/C=C\C/C=C\CC)COP(=O)(O)OCC[N+](C)(C)C. The van der Waals surface area contributed by atoms with Gasteiger partial charge in [-0.05, 0) is 128 Å². The fourth-order valence-electron chi connectivity index (χ4n) is 8.27. The van der Waals surface area contributed by atoms with E-state index in [1.54, 1.807) is 0 Å². The minimum absolute atomic E-state index is 0.0187. The summed E-state index contributed by atoms with van der Waals surface area (Å²) in [5.41, 5.74) is 0. The summed E-state index contributed by atoms with van der Waals surface area (Å²) in [7, 11) is 1.44. The second kappa shape index (κ2) is 62.9. The maximum absolute atomic E-state index is 12.9. The van der Waals surface area contributed by atoms with Gasteiger partial charge in [0.25, 0.3) is 0 Å². The molecule has 1 N–H and O–H groups in total. The minimum Gasteiger partial charge on any atom is -0.462 e. The highest BCUT2D eigenvalue weighted by Gasteiger charge is 2.27. The number of esters is 2. The van der Waals surface area contributed by atoms with E-state index in [0.717, 1.165) is 148 Å². The summed E-state index contributed by atoms with van der Waals surface area (Å²) in [4.78, 5) is 35.8. The van der Waals surface area contributed by atoms with Gasteiger partial charge >= 0.3 is 19.8 Å². The van der Waals surface area contributed by atoms with Gasteiger partial charge in [-0.15, -0.1) is 0 Å². The monoisotopic (exact) mass is 1180 g/mol. The Balaban J connectivity index is 4.20. The number of quaternary nitrogens is 1. The number of likely N-dealkylation sites (N-methyl/N-ethyl adjacent to an activating group) is 1. The Morgan fingerprint density at radius 1 is 0.369 bits per heavy atom.